The van der Waals surface area contributed by atoms with E-state index < -0.39 is 50.5 Å². The van der Waals surface area contributed by atoms with Crippen molar-refractivity contribution in [3.8, 4) is 0 Å². The van der Waals surface area contributed by atoms with Crippen LogP contribution in [0.25, 0.3) is 0 Å². The summed E-state index contributed by atoms with van der Waals surface area (Å²) in [6.45, 7) is 5.68. The highest BCUT2D eigenvalue weighted by atomic mass is 35.5. The first-order valence-electron chi connectivity index (χ1n) is 11.8. The molecule has 1 unspecified atom stereocenters. The molecule has 1 atom stereocenters. The van der Waals surface area contributed by atoms with Crippen molar-refractivity contribution in [3.05, 3.63) is 63.5 Å². The number of amides is 3. The summed E-state index contributed by atoms with van der Waals surface area (Å²) in [5.74, 6) is -3.82. The molecule has 10 nitrogen and oxygen atoms in total. The molecule has 4 rings (SSSR count). The Morgan fingerprint density at radius 3 is 2.26 bits per heavy atom. The molecule has 14 heteroatoms. The summed E-state index contributed by atoms with van der Waals surface area (Å²) in [5.41, 5.74) is 1.09. The normalized spacial score (nSPS) is 15.9. The lowest BCUT2D eigenvalue weighted by Gasteiger charge is -2.23. The first-order valence-corrected chi connectivity index (χ1v) is 13.4. The van der Waals surface area contributed by atoms with E-state index in [9.17, 15) is 27.4 Å². The summed E-state index contributed by atoms with van der Waals surface area (Å²) < 4.78 is 45.4. The Hall–Kier alpha value is -3.42. The topological polar surface area (TPSA) is 135 Å². The predicted octanol–water partition coefficient (Wildman–Crippen LogP) is 3.38. The molecule has 0 fully saturated rings. The molecule has 3 amide bonds. The van der Waals surface area contributed by atoms with Crippen molar-refractivity contribution >= 4 is 46.2 Å². The van der Waals surface area contributed by atoms with Gasteiger partial charge in [-0.25, -0.2) is 27.9 Å². The number of anilines is 1. The van der Waals surface area contributed by atoms with E-state index in [4.69, 9.17) is 21.5 Å². The molecule has 39 heavy (non-hydrogen) atoms. The Kier molecular flexibility index (Phi) is 8.05. The molecule has 1 aromatic carbocycles. The third kappa shape index (κ3) is 6.10. The minimum atomic E-state index is -2.24. The van der Waals surface area contributed by atoms with Crippen molar-refractivity contribution in [2.24, 2.45) is 10.6 Å². The number of nitrogens with two attached hydrogens (primary N) is 1. The summed E-state index contributed by atoms with van der Waals surface area (Å²) >= 11 is 6.00. The van der Waals surface area contributed by atoms with Crippen molar-refractivity contribution in [2.45, 2.75) is 32.3 Å². The number of carbonyl (C=O) groups is 3. The van der Waals surface area contributed by atoms with E-state index >= 15 is 0 Å². The molecule has 0 radical (unpaired) electrons. The summed E-state index contributed by atoms with van der Waals surface area (Å²) in [4.78, 5) is 44.4. The van der Waals surface area contributed by atoms with Crippen molar-refractivity contribution in [1.82, 2.24) is 14.8 Å². The van der Waals surface area contributed by atoms with Crippen LogP contribution in [-0.2, 0) is 27.1 Å². The number of hydrogen-bond donors (Lipinski definition) is 2. The number of rotatable bonds is 5. The molecule has 208 valence electrons. The summed E-state index contributed by atoms with van der Waals surface area (Å²) in [6, 6.07) is 5.17. The number of halogens is 3. The van der Waals surface area contributed by atoms with Crippen molar-refractivity contribution in [1.29, 1.82) is 0 Å². The maximum absolute atomic E-state index is 14.5. The number of ether oxygens (including phenoxy) is 1. The van der Waals surface area contributed by atoms with Gasteiger partial charge >= 0.3 is 6.09 Å². The molecule has 0 aliphatic carbocycles. The van der Waals surface area contributed by atoms with Crippen LogP contribution in [0.15, 0.2) is 40.3 Å². The second-order valence-corrected chi connectivity index (χ2v) is 11.6. The fourth-order valence-corrected chi connectivity index (χ4v) is 4.74. The number of benzene rings is 1. The predicted molar refractivity (Wildman–Crippen MR) is 139 cm³/mol. The van der Waals surface area contributed by atoms with E-state index in [0.717, 1.165) is 23.3 Å². The fourth-order valence-electron chi connectivity index (χ4n) is 4.11. The standard InChI is InChI=1S/C25H26ClF2N5O5S/c1-25(2,3)23(35)31-16-5-7-19(26)30-17(16)12-38-24(36)33-10-13-8-32(9-14(13)11-33)22(34)15-4-6-18(39(29)37)21(28)20(15)27/h4-7H,8-12,29H2,1-3H3,(H,31,35). The van der Waals surface area contributed by atoms with Crippen LogP contribution >= 0.6 is 11.6 Å². The minimum Gasteiger partial charge on any atom is -0.443 e. The van der Waals surface area contributed by atoms with Gasteiger partial charge in [-0.15, -0.1) is 0 Å². The first kappa shape index (κ1) is 28.6. The van der Waals surface area contributed by atoms with E-state index in [0.29, 0.717) is 5.69 Å². The maximum Gasteiger partial charge on any atom is 0.410 e. The molecule has 2 aliphatic heterocycles. The quantitative estimate of drug-likeness (QED) is 0.410. The lowest BCUT2D eigenvalue weighted by atomic mass is 9.95. The number of pyridine rings is 1. The molecular formula is C25H26ClF2N5O5S. The lowest BCUT2D eigenvalue weighted by Crippen LogP contribution is -2.37. The highest BCUT2D eigenvalue weighted by Gasteiger charge is 2.36. The SMILES string of the molecule is CC(C)(C)C(=O)Nc1ccc(Cl)nc1COC(=O)N1CC2=C(C1)CN(C(=O)c1ccc(S(N)=O)c(F)c1F)C2. The molecule has 0 saturated heterocycles. The zero-order chi connectivity index (χ0) is 28.6. The van der Waals surface area contributed by atoms with Crippen LogP contribution in [0.4, 0.5) is 19.3 Å². The molecule has 3 N–H and O–H groups in total. The summed E-state index contributed by atoms with van der Waals surface area (Å²) in [5, 5.41) is 8.07. The number of carbonyl (C=O) groups excluding carboxylic acids is 3. The molecule has 2 aliphatic rings. The zero-order valence-corrected chi connectivity index (χ0v) is 22.9. The van der Waals surface area contributed by atoms with Gasteiger partial charge in [-0.05, 0) is 35.4 Å². The van der Waals surface area contributed by atoms with Crippen LogP contribution < -0.4 is 10.5 Å². The average Bonchev–Trinajstić information content (AvgIpc) is 3.44. The largest absolute Gasteiger partial charge is 0.443 e. The molecule has 2 aromatic rings. The van der Waals surface area contributed by atoms with Gasteiger partial charge in [0, 0.05) is 31.6 Å². The minimum absolute atomic E-state index is 0.127. The average molecular weight is 582 g/mol. The van der Waals surface area contributed by atoms with Crippen LogP contribution in [0.1, 0.15) is 36.8 Å². The number of nitrogens with one attached hydrogen (secondary N) is 1. The van der Waals surface area contributed by atoms with Gasteiger partial charge in [-0.2, -0.15) is 0 Å². The van der Waals surface area contributed by atoms with Crippen molar-refractivity contribution in [2.75, 3.05) is 31.5 Å². The molecule has 0 bridgehead atoms. The second kappa shape index (κ2) is 11.0. The Morgan fingerprint density at radius 1 is 1.05 bits per heavy atom. The Labute approximate surface area is 230 Å². The summed E-state index contributed by atoms with van der Waals surface area (Å²) in [7, 11) is -2.24. The molecule has 3 heterocycles. The number of aromatic nitrogens is 1. The van der Waals surface area contributed by atoms with E-state index in [-0.39, 0.29) is 49.5 Å². The smallest absolute Gasteiger partial charge is 0.410 e. The van der Waals surface area contributed by atoms with Gasteiger partial charge in [0.05, 0.1) is 16.1 Å². The third-order valence-electron chi connectivity index (χ3n) is 6.27. The zero-order valence-electron chi connectivity index (χ0n) is 21.3. The Balaban J connectivity index is 1.35. The monoisotopic (exact) mass is 581 g/mol. The molecular weight excluding hydrogens is 556 g/mol. The summed E-state index contributed by atoms with van der Waals surface area (Å²) in [6.07, 6.45) is -0.629. The van der Waals surface area contributed by atoms with Gasteiger partial charge in [0.2, 0.25) is 5.91 Å². The van der Waals surface area contributed by atoms with E-state index in [2.05, 4.69) is 10.3 Å². The Morgan fingerprint density at radius 2 is 1.67 bits per heavy atom. The third-order valence-corrected chi connectivity index (χ3v) is 7.23. The van der Waals surface area contributed by atoms with Crippen LogP contribution in [0.5, 0.6) is 0 Å². The number of hydrogen-bond acceptors (Lipinski definition) is 6. The van der Waals surface area contributed by atoms with Gasteiger partial charge in [0.1, 0.15) is 28.4 Å². The first-order chi connectivity index (χ1) is 18.3. The highest BCUT2D eigenvalue weighted by molar-refractivity contribution is 7.82. The highest BCUT2D eigenvalue weighted by Crippen LogP contribution is 2.29. The second-order valence-electron chi connectivity index (χ2n) is 10.1. The molecule has 1 aromatic heterocycles. The van der Waals surface area contributed by atoms with Crippen LogP contribution in [0.2, 0.25) is 5.15 Å². The van der Waals surface area contributed by atoms with E-state index in [1.165, 1.54) is 15.9 Å². The number of nitrogens with zero attached hydrogens (tertiary/aromatic N) is 3. The maximum atomic E-state index is 14.5. The van der Waals surface area contributed by atoms with E-state index in [1.54, 1.807) is 26.8 Å². The van der Waals surface area contributed by atoms with Crippen molar-refractivity contribution in [3.63, 3.8) is 0 Å². The van der Waals surface area contributed by atoms with Gasteiger partial charge in [-0.3, -0.25) is 9.59 Å². The molecule has 0 spiro atoms. The molecule has 0 saturated carbocycles. The van der Waals surface area contributed by atoms with Gasteiger partial charge in [0.25, 0.3) is 5.91 Å². The van der Waals surface area contributed by atoms with Gasteiger partial charge < -0.3 is 19.9 Å². The van der Waals surface area contributed by atoms with Crippen LogP contribution in [-0.4, -0.2) is 63.1 Å². The Bertz CT molecular complexity index is 1410. The van der Waals surface area contributed by atoms with Crippen LogP contribution in [0.3, 0.4) is 0 Å². The van der Waals surface area contributed by atoms with Crippen LogP contribution in [0, 0.1) is 17.0 Å². The van der Waals surface area contributed by atoms with E-state index in [1.807, 2.05) is 0 Å². The fraction of sp³-hybridized carbons (Fsp3) is 0.360. The lowest BCUT2D eigenvalue weighted by molar-refractivity contribution is -0.123. The van der Waals surface area contributed by atoms with Gasteiger partial charge in [0.15, 0.2) is 11.6 Å². The van der Waals surface area contributed by atoms with Crippen molar-refractivity contribution < 1.29 is 32.1 Å². The van der Waals surface area contributed by atoms with Gasteiger partial charge in [-0.1, -0.05) is 32.4 Å².